The molecule has 5 rings (SSSR count). The minimum absolute atomic E-state index is 0.106. The molecule has 4 aromatic rings. The van der Waals surface area contributed by atoms with Gasteiger partial charge in [0.1, 0.15) is 6.07 Å². The molecule has 2 N–H and O–H groups in total. The molecule has 1 aliphatic rings. The fourth-order valence-electron chi connectivity index (χ4n) is 4.21. The van der Waals surface area contributed by atoms with E-state index in [1.165, 1.54) is 29.4 Å². The van der Waals surface area contributed by atoms with Crippen LogP contribution in [-0.2, 0) is 4.79 Å². The van der Waals surface area contributed by atoms with Crippen molar-refractivity contribution in [3.05, 3.63) is 42.2 Å². The number of nitriles is 1. The van der Waals surface area contributed by atoms with Crippen molar-refractivity contribution in [2.75, 3.05) is 30.4 Å². The summed E-state index contributed by atoms with van der Waals surface area (Å²) in [6, 6.07) is 8.21. The van der Waals surface area contributed by atoms with E-state index in [0.29, 0.717) is 33.5 Å². The topological polar surface area (TPSA) is 124 Å². The Balaban J connectivity index is 1.41. The van der Waals surface area contributed by atoms with Gasteiger partial charge in [-0.25, -0.2) is 13.3 Å². The van der Waals surface area contributed by atoms with Gasteiger partial charge in [0.15, 0.2) is 5.01 Å². The van der Waals surface area contributed by atoms with E-state index in [2.05, 4.69) is 37.0 Å². The molecule has 0 spiro atoms. The van der Waals surface area contributed by atoms with Gasteiger partial charge in [-0.05, 0) is 30.7 Å². The number of pyridine rings is 1. The molecule has 0 aliphatic carbocycles. The van der Waals surface area contributed by atoms with Gasteiger partial charge in [0.25, 0.3) is 5.92 Å². The summed E-state index contributed by atoms with van der Waals surface area (Å²) in [4.78, 5) is 17.3. The third-order valence-corrected chi connectivity index (χ3v) is 6.97. The van der Waals surface area contributed by atoms with Crippen LogP contribution in [0.15, 0.2) is 36.7 Å². The highest BCUT2D eigenvalue weighted by Gasteiger charge is 2.45. The average molecular weight is 510 g/mol. The van der Waals surface area contributed by atoms with Crippen molar-refractivity contribution in [1.29, 1.82) is 5.26 Å². The molecule has 0 radical (unpaired) electrons. The van der Waals surface area contributed by atoms with Crippen LogP contribution in [0.4, 0.5) is 19.6 Å². The molecule has 184 valence electrons. The first-order valence-electron chi connectivity index (χ1n) is 11.1. The molecule has 0 bridgehead atoms. The highest BCUT2D eigenvalue weighted by molar-refractivity contribution is 7.18. The summed E-state index contributed by atoms with van der Waals surface area (Å²) < 4.78 is 30.9. The van der Waals surface area contributed by atoms with Gasteiger partial charge in [-0.3, -0.25) is 9.78 Å². The van der Waals surface area contributed by atoms with E-state index < -0.39 is 24.4 Å². The summed E-state index contributed by atoms with van der Waals surface area (Å²) in [6.45, 7) is 1.01. The van der Waals surface area contributed by atoms with Crippen LogP contribution in [0.3, 0.4) is 0 Å². The molecule has 10 nitrogen and oxygen atoms in total. The maximum absolute atomic E-state index is 14.6. The number of piperidine rings is 1. The number of nitrogens with one attached hydrogen (secondary N) is 2. The predicted octanol–water partition coefficient (Wildman–Crippen LogP) is 3.18. The Hall–Kier alpha value is -4.18. The van der Waals surface area contributed by atoms with Crippen molar-refractivity contribution in [2.45, 2.75) is 25.3 Å². The lowest BCUT2D eigenvalue weighted by Crippen LogP contribution is -2.58. The number of hydrogen-bond acceptors (Lipinski definition) is 9. The minimum atomic E-state index is -3.09. The zero-order valence-electron chi connectivity index (χ0n) is 19.4. The van der Waals surface area contributed by atoms with Crippen molar-refractivity contribution in [1.82, 2.24) is 30.1 Å². The first-order valence-corrected chi connectivity index (χ1v) is 11.9. The maximum Gasteiger partial charge on any atom is 0.285 e. The molecule has 13 heteroatoms. The molecule has 1 amide bonds. The van der Waals surface area contributed by atoms with E-state index >= 15 is 0 Å². The molecular weight excluding hydrogens is 488 g/mol. The molecule has 36 heavy (non-hydrogen) atoms. The van der Waals surface area contributed by atoms with E-state index in [1.807, 2.05) is 18.2 Å². The summed E-state index contributed by atoms with van der Waals surface area (Å²) >= 11 is 1.20. The van der Waals surface area contributed by atoms with Gasteiger partial charge in [0, 0.05) is 32.4 Å². The molecule has 4 aromatic heterocycles. The molecule has 1 aliphatic heterocycles. The van der Waals surface area contributed by atoms with Crippen molar-refractivity contribution in [3.63, 3.8) is 0 Å². The SMILES string of the molecule is CNc1cc(-c2ccc3cc(C#N)cnn23)ncc1-c1nnc(N2CC[C@H](NC(C)=O)C(F)(F)C2)s1. The second kappa shape index (κ2) is 9.12. The summed E-state index contributed by atoms with van der Waals surface area (Å²) in [7, 11) is 1.77. The monoisotopic (exact) mass is 509 g/mol. The van der Waals surface area contributed by atoms with Crippen LogP contribution in [0, 0.1) is 11.3 Å². The van der Waals surface area contributed by atoms with Crippen molar-refractivity contribution < 1.29 is 13.6 Å². The van der Waals surface area contributed by atoms with Crippen molar-refractivity contribution in [3.8, 4) is 28.0 Å². The van der Waals surface area contributed by atoms with Crippen LogP contribution in [0.1, 0.15) is 18.9 Å². The highest BCUT2D eigenvalue weighted by Crippen LogP contribution is 2.37. The van der Waals surface area contributed by atoms with Gasteiger partial charge >= 0.3 is 0 Å². The quantitative estimate of drug-likeness (QED) is 0.420. The van der Waals surface area contributed by atoms with Crippen LogP contribution in [0.5, 0.6) is 0 Å². The Kier molecular flexibility index (Phi) is 5.97. The second-order valence-electron chi connectivity index (χ2n) is 8.39. The van der Waals surface area contributed by atoms with E-state index in [4.69, 9.17) is 5.26 Å². The fourth-order valence-corrected chi connectivity index (χ4v) is 5.10. The van der Waals surface area contributed by atoms with Crippen LogP contribution >= 0.6 is 11.3 Å². The van der Waals surface area contributed by atoms with E-state index in [-0.39, 0.29) is 6.42 Å². The molecule has 5 heterocycles. The number of nitrogens with zero attached hydrogens (tertiary/aromatic N) is 7. The molecule has 0 saturated carbocycles. The number of rotatable bonds is 5. The van der Waals surface area contributed by atoms with Gasteiger partial charge in [0.2, 0.25) is 11.0 Å². The smallest absolute Gasteiger partial charge is 0.285 e. The molecule has 1 saturated heterocycles. The lowest BCUT2D eigenvalue weighted by molar-refractivity contribution is -0.124. The first-order chi connectivity index (χ1) is 17.3. The molecule has 1 fully saturated rings. The number of aromatic nitrogens is 5. The molecule has 1 atom stereocenters. The second-order valence-corrected chi connectivity index (χ2v) is 9.35. The van der Waals surface area contributed by atoms with E-state index in [9.17, 15) is 13.6 Å². The number of amides is 1. The lowest BCUT2D eigenvalue weighted by Gasteiger charge is -2.38. The van der Waals surface area contributed by atoms with Crippen molar-refractivity contribution in [2.24, 2.45) is 0 Å². The largest absolute Gasteiger partial charge is 0.387 e. The van der Waals surface area contributed by atoms with Gasteiger partial charge < -0.3 is 15.5 Å². The zero-order valence-corrected chi connectivity index (χ0v) is 20.2. The lowest BCUT2D eigenvalue weighted by atomic mass is 10.0. The number of fused-ring (bicyclic) bond motifs is 1. The van der Waals surface area contributed by atoms with Gasteiger partial charge in [-0.1, -0.05) is 11.3 Å². The molecule has 0 aromatic carbocycles. The first kappa shape index (κ1) is 23.6. The standard InChI is InChI=1S/C23H21F2N9OS/c1-13(35)30-20-5-6-33(12-23(20,24)25)22-32-31-21(36-22)16-11-28-18(8-17(16)27-2)19-4-3-15-7-14(9-26)10-29-34(15)19/h3-4,7-8,10-11,20H,5-6,12H2,1-2H3,(H,27,28)(H,30,35)/t20-/m0/s1. The normalized spacial score (nSPS) is 17.1. The molecule has 0 unspecified atom stereocenters. The average Bonchev–Trinajstić information content (AvgIpc) is 3.51. The van der Waals surface area contributed by atoms with Crippen LogP contribution in [-0.4, -0.2) is 62.8 Å². The minimum Gasteiger partial charge on any atom is -0.387 e. The third kappa shape index (κ3) is 4.31. The van der Waals surface area contributed by atoms with Crippen LogP contribution < -0.4 is 15.5 Å². The Morgan fingerprint density at radius 3 is 2.83 bits per heavy atom. The fraction of sp³-hybridized carbons (Fsp3) is 0.304. The summed E-state index contributed by atoms with van der Waals surface area (Å²) in [5.41, 5.74) is 4.07. The zero-order chi connectivity index (χ0) is 25.4. The predicted molar refractivity (Wildman–Crippen MR) is 131 cm³/mol. The number of carbonyl (C=O) groups is 1. The number of hydrogen-bond donors (Lipinski definition) is 2. The highest BCUT2D eigenvalue weighted by atomic mass is 32.1. The Bertz CT molecular complexity index is 1490. The Labute approximate surface area is 208 Å². The Morgan fingerprint density at radius 1 is 1.28 bits per heavy atom. The number of anilines is 2. The van der Waals surface area contributed by atoms with E-state index in [0.717, 1.165) is 16.9 Å². The summed E-state index contributed by atoms with van der Waals surface area (Å²) in [5, 5.41) is 28.2. The number of alkyl halides is 2. The summed E-state index contributed by atoms with van der Waals surface area (Å²) in [6.07, 6.45) is 3.26. The van der Waals surface area contributed by atoms with Crippen LogP contribution in [0.25, 0.3) is 27.5 Å². The number of carbonyl (C=O) groups excluding carboxylic acids is 1. The molecular formula is C23H21F2N9OS. The van der Waals surface area contributed by atoms with Crippen LogP contribution in [0.2, 0.25) is 0 Å². The summed E-state index contributed by atoms with van der Waals surface area (Å²) in [5.74, 6) is -3.56. The van der Waals surface area contributed by atoms with Gasteiger partial charge in [0.05, 0.1) is 46.8 Å². The third-order valence-electron chi connectivity index (χ3n) is 5.96. The Morgan fingerprint density at radius 2 is 2.11 bits per heavy atom. The van der Waals surface area contributed by atoms with Crippen molar-refractivity contribution >= 4 is 33.6 Å². The van der Waals surface area contributed by atoms with Gasteiger partial charge in [-0.15, -0.1) is 10.2 Å². The van der Waals surface area contributed by atoms with E-state index in [1.54, 1.807) is 23.8 Å². The number of halogens is 2. The maximum atomic E-state index is 14.6. The van der Waals surface area contributed by atoms with Gasteiger partial charge in [-0.2, -0.15) is 10.4 Å².